The molecule has 0 saturated carbocycles. The third-order valence-corrected chi connectivity index (χ3v) is 6.33. The van der Waals surface area contributed by atoms with Crippen molar-refractivity contribution in [1.82, 2.24) is 14.5 Å². The molecule has 0 atom stereocenters. The summed E-state index contributed by atoms with van der Waals surface area (Å²) in [4.78, 5) is 15.7. The number of imidazole rings is 1. The van der Waals surface area contributed by atoms with Gasteiger partial charge in [0.2, 0.25) is 0 Å². The largest absolute Gasteiger partial charge is 0.371 e. The third-order valence-electron chi connectivity index (χ3n) is 6.33. The van der Waals surface area contributed by atoms with Crippen molar-refractivity contribution in [3.8, 4) is 39.8 Å². The Morgan fingerprint density at radius 1 is 1.00 bits per heavy atom. The summed E-state index contributed by atoms with van der Waals surface area (Å²) in [6, 6.07) is 27.4. The van der Waals surface area contributed by atoms with E-state index in [0.29, 0.717) is 11.3 Å². The number of nitrogens with zero attached hydrogens (tertiary/aromatic N) is 6. The minimum Gasteiger partial charge on any atom is -0.371 e. The number of hydrogen-bond donors (Lipinski definition) is 0. The Hall–Kier alpha value is -4.86. The van der Waals surface area contributed by atoms with Gasteiger partial charge in [0.15, 0.2) is 11.4 Å². The summed E-state index contributed by atoms with van der Waals surface area (Å²) in [5.74, 6) is 1.06. The number of aromatic nitrogens is 3. The van der Waals surface area contributed by atoms with Crippen LogP contribution in [0.15, 0.2) is 79.3 Å². The Bertz CT molecular complexity index is 1770. The zero-order valence-electron chi connectivity index (χ0n) is 20.9. The van der Waals surface area contributed by atoms with Gasteiger partial charge in [-0.3, -0.25) is 19.7 Å². The number of pyridine rings is 1. The molecule has 0 aliphatic carbocycles. The topological polar surface area (TPSA) is 63.2 Å². The first-order chi connectivity index (χ1) is 18.6. The molecule has 39 heavy (non-hydrogen) atoms. The van der Waals surface area contributed by atoms with Gasteiger partial charge in [0, 0.05) is 50.9 Å². The van der Waals surface area contributed by atoms with Crippen LogP contribution in [0.4, 0.5) is 11.4 Å². The van der Waals surface area contributed by atoms with Crippen molar-refractivity contribution in [2.24, 2.45) is 0 Å². The van der Waals surface area contributed by atoms with Crippen LogP contribution in [0.3, 0.4) is 0 Å². The van der Waals surface area contributed by atoms with Gasteiger partial charge in [0.1, 0.15) is 0 Å². The van der Waals surface area contributed by atoms with Crippen LogP contribution in [-0.4, -0.2) is 14.5 Å². The molecular formula is C32H20IrN6-2. The molecule has 5 aromatic rings. The van der Waals surface area contributed by atoms with Crippen molar-refractivity contribution >= 4 is 11.4 Å². The second kappa shape index (κ2) is 12.1. The third kappa shape index (κ3) is 5.40. The number of hydrogen-bond acceptors (Lipinski definition) is 3. The zero-order chi connectivity index (χ0) is 26.5. The molecule has 0 fully saturated rings. The van der Waals surface area contributed by atoms with Crippen molar-refractivity contribution in [3.63, 3.8) is 0 Å². The molecule has 3 heterocycles. The summed E-state index contributed by atoms with van der Waals surface area (Å²) in [7, 11) is 0. The van der Waals surface area contributed by atoms with E-state index in [1.54, 1.807) is 6.20 Å². The van der Waals surface area contributed by atoms with E-state index in [1.807, 2.05) is 73.9 Å². The first kappa shape index (κ1) is 27.2. The summed E-state index contributed by atoms with van der Waals surface area (Å²) in [6.07, 6.45) is 6.63. The van der Waals surface area contributed by atoms with E-state index in [-0.39, 0.29) is 37.0 Å². The van der Waals surface area contributed by atoms with E-state index >= 15 is 0 Å². The van der Waals surface area contributed by atoms with E-state index in [0.717, 1.165) is 35.5 Å². The number of fused-ring (bicyclic) bond motifs is 3. The minimum atomic E-state index is 0. The molecule has 0 unspecified atom stereocenters. The smallest absolute Gasteiger partial charge is 0.181 e. The number of rotatable bonds is 2. The van der Waals surface area contributed by atoms with Crippen molar-refractivity contribution in [2.45, 2.75) is 19.9 Å². The van der Waals surface area contributed by atoms with E-state index in [2.05, 4.69) is 42.4 Å². The molecule has 1 aliphatic rings. The van der Waals surface area contributed by atoms with Gasteiger partial charge >= 0.3 is 0 Å². The van der Waals surface area contributed by atoms with E-state index in [1.165, 1.54) is 17.2 Å². The molecular weight excluding hydrogens is 661 g/mol. The fourth-order valence-electron chi connectivity index (χ4n) is 4.56. The quantitative estimate of drug-likeness (QED) is 0.183. The average molecular weight is 681 g/mol. The molecule has 0 amide bonds. The monoisotopic (exact) mass is 681 g/mol. The maximum atomic E-state index is 9.25. The fourth-order valence-corrected chi connectivity index (χ4v) is 4.56. The first-order valence-electron chi connectivity index (χ1n) is 11.9. The van der Waals surface area contributed by atoms with Gasteiger partial charge in [-0.15, -0.1) is 47.5 Å². The first-order valence-corrected chi connectivity index (χ1v) is 11.9. The standard InChI is InChI=1S/C21H11N4.C11H9N2.Ir/c1-14-9-10-25-21(19(14)16-7-5-4-6-8-16)17-11-15(13-22)12-18(23-2)20(17)24-3;1-2-4-10-9(3-1)5-7-13-8-6-12-11(10)13;/h4-10,12H,1H3;1-3,6,8H,5,7H2;/q2*-1;. The molecule has 6 nitrogen and oxygen atoms in total. The summed E-state index contributed by atoms with van der Waals surface area (Å²) >= 11 is 0. The van der Waals surface area contributed by atoms with Crippen LogP contribution in [0, 0.1) is 43.5 Å². The summed E-state index contributed by atoms with van der Waals surface area (Å²) < 4.78 is 2.18. The predicted octanol–water partition coefficient (Wildman–Crippen LogP) is 7.40. The number of aryl methyl sites for hydroxylation is 3. The molecule has 0 saturated heterocycles. The molecule has 6 rings (SSSR count). The van der Waals surface area contributed by atoms with Crippen LogP contribution >= 0.6 is 0 Å². The summed E-state index contributed by atoms with van der Waals surface area (Å²) in [6.45, 7) is 17.8. The maximum absolute atomic E-state index is 9.25. The van der Waals surface area contributed by atoms with Gasteiger partial charge in [-0.2, -0.15) is 0 Å². The molecule has 0 spiro atoms. The van der Waals surface area contributed by atoms with Gasteiger partial charge in [-0.05, 0) is 42.2 Å². The van der Waals surface area contributed by atoms with Crippen molar-refractivity contribution in [3.05, 3.63) is 131 Å². The second-order valence-corrected chi connectivity index (χ2v) is 8.61. The van der Waals surface area contributed by atoms with E-state index in [4.69, 9.17) is 13.1 Å². The van der Waals surface area contributed by atoms with Crippen LogP contribution in [0.5, 0.6) is 0 Å². The molecule has 3 aromatic carbocycles. The molecule has 0 N–H and O–H groups in total. The zero-order valence-corrected chi connectivity index (χ0v) is 23.3. The Morgan fingerprint density at radius 3 is 2.56 bits per heavy atom. The summed E-state index contributed by atoms with van der Waals surface area (Å²) in [5, 5.41) is 9.25. The normalized spacial score (nSPS) is 10.7. The Kier molecular flexibility index (Phi) is 8.45. The van der Waals surface area contributed by atoms with Gasteiger partial charge in [-0.1, -0.05) is 41.5 Å². The van der Waals surface area contributed by atoms with Gasteiger partial charge in [-0.25, -0.2) is 5.26 Å². The second-order valence-electron chi connectivity index (χ2n) is 8.61. The van der Waals surface area contributed by atoms with Gasteiger partial charge in [0.05, 0.1) is 19.0 Å². The molecule has 2 aromatic heterocycles. The molecule has 7 heteroatoms. The van der Waals surface area contributed by atoms with Crippen molar-refractivity contribution in [1.29, 1.82) is 5.26 Å². The molecule has 0 bridgehead atoms. The van der Waals surface area contributed by atoms with E-state index < -0.39 is 0 Å². The Labute approximate surface area is 241 Å². The maximum Gasteiger partial charge on any atom is 0.181 e. The SMILES string of the molecule is [C-]#[N+]c1cc(C#N)[c-]c(-c2nccc(C)c2-c2ccccc2)c1[N+]#[C-].[Ir].[c-]1cccc2c1-c1nccn1CC2. The molecule has 1 aliphatic heterocycles. The van der Waals surface area contributed by atoms with Crippen LogP contribution in [0.1, 0.15) is 16.7 Å². The Morgan fingerprint density at radius 2 is 1.82 bits per heavy atom. The van der Waals surface area contributed by atoms with Crippen LogP contribution < -0.4 is 0 Å². The van der Waals surface area contributed by atoms with Gasteiger partial charge in [0.25, 0.3) is 0 Å². The van der Waals surface area contributed by atoms with Gasteiger partial charge < -0.3 is 4.57 Å². The van der Waals surface area contributed by atoms with Crippen LogP contribution in [-0.2, 0) is 33.1 Å². The molecule has 189 valence electrons. The Balaban J connectivity index is 0.000000210. The number of nitriles is 1. The van der Waals surface area contributed by atoms with Crippen molar-refractivity contribution in [2.75, 3.05) is 0 Å². The predicted molar refractivity (Wildman–Crippen MR) is 146 cm³/mol. The molecule has 1 radical (unpaired) electrons. The van der Waals surface area contributed by atoms with Crippen LogP contribution in [0.2, 0.25) is 0 Å². The minimum absolute atomic E-state index is 0. The average Bonchev–Trinajstić information content (AvgIpc) is 3.47. The van der Waals surface area contributed by atoms with Crippen molar-refractivity contribution < 1.29 is 20.1 Å². The summed E-state index contributed by atoms with van der Waals surface area (Å²) in [5.41, 5.74) is 6.83. The fraction of sp³-hybridized carbons (Fsp3) is 0.0938. The number of benzene rings is 3. The van der Waals surface area contributed by atoms with E-state index in [9.17, 15) is 5.26 Å². The van der Waals surface area contributed by atoms with Crippen LogP contribution in [0.25, 0.3) is 43.5 Å².